The fraction of sp³-hybridized carbons (Fsp3) is 1.00. The Labute approximate surface area is 114 Å². The first-order valence-electron chi connectivity index (χ1n) is 7.76. The third-order valence-corrected chi connectivity index (χ3v) is 4.20. The average Bonchev–Trinajstić information content (AvgIpc) is 2.41. The van der Waals surface area contributed by atoms with Gasteiger partial charge in [-0.05, 0) is 45.2 Å². The van der Waals surface area contributed by atoms with Crippen molar-refractivity contribution in [3.8, 4) is 0 Å². The van der Waals surface area contributed by atoms with Crippen LogP contribution in [0.1, 0.15) is 65.7 Å². The van der Waals surface area contributed by atoms with Gasteiger partial charge >= 0.3 is 0 Å². The molecule has 0 fully saturated rings. The van der Waals surface area contributed by atoms with Crippen molar-refractivity contribution in [2.24, 2.45) is 5.73 Å². The molecule has 3 N–H and O–H groups in total. The van der Waals surface area contributed by atoms with Gasteiger partial charge in [0.05, 0.1) is 0 Å². The number of nitrogens with two attached hydrogens (primary N) is 1. The number of aliphatic hydroxyl groups excluding tert-OH is 1. The zero-order valence-corrected chi connectivity index (χ0v) is 12.7. The minimum absolute atomic E-state index is 0.201. The maximum atomic E-state index is 8.78. The van der Waals surface area contributed by atoms with Crippen LogP contribution < -0.4 is 5.73 Å². The van der Waals surface area contributed by atoms with Crippen molar-refractivity contribution in [1.82, 2.24) is 4.90 Å². The third kappa shape index (κ3) is 5.68. The lowest BCUT2D eigenvalue weighted by molar-refractivity contribution is 0.0823. The quantitative estimate of drug-likeness (QED) is 0.529. The van der Waals surface area contributed by atoms with Gasteiger partial charge in [0.15, 0.2) is 0 Å². The second-order valence-corrected chi connectivity index (χ2v) is 5.26. The molecule has 0 bridgehead atoms. The lowest BCUT2D eigenvalue weighted by Gasteiger charge is -2.42. The van der Waals surface area contributed by atoms with E-state index >= 15 is 0 Å². The van der Waals surface area contributed by atoms with Gasteiger partial charge in [-0.1, -0.05) is 33.6 Å². The Balaban J connectivity index is 4.26. The fourth-order valence-electron chi connectivity index (χ4n) is 2.74. The molecule has 0 saturated heterocycles. The van der Waals surface area contributed by atoms with Crippen LogP contribution in [0.25, 0.3) is 0 Å². The second kappa shape index (κ2) is 10.8. The van der Waals surface area contributed by atoms with Gasteiger partial charge in [0, 0.05) is 18.7 Å². The van der Waals surface area contributed by atoms with E-state index in [1.54, 1.807) is 0 Å². The predicted octanol–water partition coefficient (Wildman–Crippen LogP) is 2.77. The number of nitrogens with zero attached hydrogens (tertiary/aromatic N) is 1. The lowest BCUT2D eigenvalue weighted by atomic mass is 9.90. The molecule has 0 radical (unpaired) electrons. The van der Waals surface area contributed by atoms with Gasteiger partial charge < -0.3 is 10.8 Å². The van der Waals surface area contributed by atoms with E-state index in [4.69, 9.17) is 10.8 Å². The largest absolute Gasteiger partial charge is 0.396 e. The summed E-state index contributed by atoms with van der Waals surface area (Å²) in [6, 6.07) is 0. The van der Waals surface area contributed by atoms with Crippen LogP contribution in [0.2, 0.25) is 0 Å². The van der Waals surface area contributed by atoms with Crippen LogP contribution in [-0.2, 0) is 0 Å². The number of rotatable bonds is 12. The van der Waals surface area contributed by atoms with Crippen LogP contribution in [0.5, 0.6) is 0 Å². The van der Waals surface area contributed by atoms with Crippen molar-refractivity contribution in [3.05, 3.63) is 0 Å². The summed E-state index contributed by atoms with van der Waals surface area (Å²) in [6.07, 6.45) is 7.99. The molecule has 3 nitrogen and oxygen atoms in total. The Hall–Kier alpha value is -0.120. The summed E-state index contributed by atoms with van der Waals surface area (Å²) >= 11 is 0. The van der Waals surface area contributed by atoms with Gasteiger partial charge in [-0.25, -0.2) is 0 Å². The Morgan fingerprint density at radius 3 is 2.00 bits per heavy atom. The van der Waals surface area contributed by atoms with Crippen LogP contribution in [0.3, 0.4) is 0 Å². The summed E-state index contributed by atoms with van der Waals surface area (Å²) in [6.45, 7) is 10.1. The molecule has 0 aromatic carbocycles. The van der Waals surface area contributed by atoms with Gasteiger partial charge in [0.2, 0.25) is 0 Å². The van der Waals surface area contributed by atoms with Gasteiger partial charge in [0.25, 0.3) is 0 Å². The summed E-state index contributed by atoms with van der Waals surface area (Å²) in [5.41, 5.74) is 6.24. The molecule has 0 spiro atoms. The molecule has 0 saturated carbocycles. The molecular formula is C15H34N2O. The highest BCUT2D eigenvalue weighted by molar-refractivity contribution is 4.89. The van der Waals surface area contributed by atoms with E-state index in [1.807, 2.05) is 0 Å². The molecule has 0 aliphatic heterocycles. The van der Waals surface area contributed by atoms with E-state index in [2.05, 4.69) is 25.7 Å². The van der Waals surface area contributed by atoms with Crippen LogP contribution in [0.15, 0.2) is 0 Å². The Morgan fingerprint density at radius 2 is 1.56 bits per heavy atom. The second-order valence-electron chi connectivity index (χ2n) is 5.26. The molecule has 18 heavy (non-hydrogen) atoms. The van der Waals surface area contributed by atoms with Crippen molar-refractivity contribution in [2.75, 3.05) is 26.2 Å². The van der Waals surface area contributed by atoms with Gasteiger partial charge in [-0.15, -0.1) is 0 Å². The number of aliphatic hydroxyl groups is 1. The molecular weight excluding hydrogens is 224 g/mol. The summed E-state index contributed by atoms with van der Waals surface area (Å²) in [5.74, 6) is 0. The van der Waals surface area contributed by atoms with Gasteiger partial charge in [-0.2, -0.15) is 0 Å². The van der Waals surface area contributed by atoms with Gasteiger partial charge in [-0.3, -0.25) is 4.90 Å². The highest BCUT2D eigenvalue weighted by atomic mass is 16.2. The van der Waals surface area contributed by atoms with E-state index in [0.717, 1.165) is 45.3 Å². The normalized spacial score (nSPS) is 12.3. The van der Waals surface area contributed by atoms with Gasteiger partial charge in [0.1, 0.15) is 0 Å². The Kier molecular flexibility index (Phi) is 10.7. The maximum absolute atomic E-state index is 8.78. The first-order chi connectivity index (χ1) is 8.70. The van der Waals surface area contributed by atoms with E-state index in [0.29, 0.717) is 6.61 Å². The standard InChI is InChI=1S/C15H34N2O/c1-4-11-17(12-9-7-8-10-13-18)15(5-2,6-3)14-16/h18H,4-14,16H2,1-3H3. The van der Waals surface area contributed by atoms with Crippen LogP contribution >= 0.6 is 0 Å². The first-order valence-corrected chi connectivity index (χ1v) is 7.76. The Morgan fingerprint density at radius 1 is 0.944 bits per heavy atom. The molecule has 0 rings (SSSR count). The molecule has 0 aliphatic rings. The summed E-state index contributed by atoms with van der Waals surface area (Å²) in [7, 11) is 0. The van der Waals surface area contributed by atoms with E-state index in [-0.39, 0.29) is 5.54 Å². The lowest BCUT2D eigenvalue weighted by Crippen LogP contribution is -2.53. The molecule has 0 aromatic heterocycles. The van der Waals surface area contributed by atoms with Crippen molar-refractivity contribution in [1.29, 1.82) is 0 Å². The highest BCUT2D eigenvalue weighted by Crippen LogP contribution is 2.24. The number of hydrogen-bond donors (Lipinski definition) is 2. The van der Waals surface area contributed by atoms with Crippen molar-refractivity contribution < 1.29 is 5.11 Å². The summed E-state index contributed by atoms with van der Waals surface area (Å²) < 4.78 is 0. The minimum Gasteiger partial charge on any atom is -0.396 e. The smallest absolute Gasteiger partial charge is 0.0431 e. The van der Waals surface area contributed by atoms with E-state index in [1.165, 1.54) is 19.3 Å². The van der Waals surface area contributed by atoms with Crippen LogP contribution in [0, 0.1) is 0 Å². The molecule has 0 aromatic rings. The average molecular weight is 258 g/mol. The third-order valence-electron chi connectivity index (χ3n) is 4.20. The zero-order chi connectivity index (χ0) is 13.9. The highest BCUT2D eigenvalue weighted by Gasteiger charge is 2.30. The van der Waals surface area contributed by atoms with Crippen LogP contribution in [-0.4, -0.2) is 41.8 Å². The van der Waals surface area contributed by atoms with Crippen molar-refractivity contribution in [3.63, 3.8) is 0 Å². The van der Waals surface area contributed by atoms with E-state index < -0.39 is 0 Å². The zero-order valence-electron chi connectivity index (χ0n) is 12.7. The monoisotopic (exact) mass is 258 g/mol. The molecule has 0 heterocycles. The first kappa shape index (κ1) is 17.9. The summed E-state index contributed by atoms with van der Waals surface area (Å²) in [4.78, 5) is 2.60. The topological polar surface area (TPSA) is 49.5 Å². The fourth-order valence-corrected chi connectivity index (χ4v) is 2.74. The molecule has 3 heteroatoms. The van der Waals surface area contributed by atoms with Crippen molar-refractivity contribution >= 4 is 0 Å². The SMILES string of the molecule is CCCN(CCCCCCO)C(CC)(CC)CN. The molecule has 0 aliphatic carbocycles. The Bertz CT molecular complexity index is 173. The van der Waals surface area contributed by atoms with E-state index in [9.17, 15) is 0 Å². The van der Waals surface area contributed by atoms with Crippen LogP contribution in [0.4, 0.5) is 0 Å². The number of unbranched alkanes of at least 4 members (excludes halogenated alkanes) is 3. The van der Waals surface area contributed by atoms with Crippen molar-refractivity contribution in [2.45, 2.75) is 71.3 Å². The maximum Gasteiger partial charge on any atom is 0.0431 e. The molecule has 0 unspecified atom stereocenters. The minimum atomic E-state index is 0.201. The summed E-state index contributed by atoms with van der Waals surface area (Å²) in [5, 5.41) is 8.78. The molecule has 110 valence electrons. The molecule has 0 atom stereocenters. The number of hydrogen-bond acceptors (Lipinski definition) is 3. The molecule has 0 amide bonds. The predicted molar refractivity (Wildman–Crippen MR) is 79.8 cm³/mol.